The van der Waals surface area contributed by atoms with Crippen LogP contribution in [-0.2, 0) is 0 Å². The summed E-state index contributed by atoms with van der Waals surface area (Å²) in [5, 5.41) is 0. The van der Waals surface area contributed by atoms with E-state index in [2.05, 4.69) is 48.5 Å². The first-order valence-electron chi connectivity index (χ1n) is 10.1. The topological polar surface area (TPSA) is 20.5 Å². The largest absolute Gasteiger partial charge is 0.673 e. The second-order valence-electron chi connectivity index (χ2n) is 6.95. The van der Waals surface area contributed by atoms with Crippen molar-refractivity contribution in [1.82, 2.24) is 0 Å². The number of methoxy groups -OCH3 is 1. The monoisotopic (exact) mass is 452 g/mol. The maximum Gasteiger partial charge on any atom is 0.673 e. The molecule has 1 heterocycles. The number of hydrogen-bond acceptors (Lipinski definition) is 1. The Hall–Kier alpha value is -3.87. The van der Waals surface area contributed by atoms with Gasteiger partial charge in [0.05, 0.1) is 24.8 Å². The van der Waals surface area contributed by atoms with Crippen molar-refractivity contribution in [2.75, 3.05) is 7.11 Å². The molecule has 4 aromatic rings. The summed E-state index contributed by atoms with van der Waals surface area (Å²) >= 11 is 0. The van der Waals surface area contributed by atoms with Gasteiger partial charge in [-0.05, 0) is 41.5 Å². The average molecular weight is 452 g/mol. The molecule has 0 aliphatic rings. The van der Waals surface area contributed by atoms with Gasteiger partial charge in [-0.3, -0.25) is 0 Å². The van der Waals surface area contributed by atoms with E-state index in [0.29, 0.717) is 0 Å². The molecule has 0 bridgehead atoms. The molecule has 4 rings (SSSR count). The van der Waals surface area contributed by atoms with Crippen molar-refractivity contribution in [3.63, 3.8) is 0 Å². The number of benzene rings is 3. The molecule has 0 radical (unpaired) electrons. The molecule has 0 saturated carbocycles. The fraction of sp³-hybridized carbons (Fsp3) is 0.0385. The van der Waals surface area contributed by atoms with Gasteiger partial charge in [-0.25, -0.2) is 4.42 Å². The first-order valence-corrected chi connectivity index (χ1v) is 10.1. The van der Waals surface area contributed by atoms with Gasteiger partial charge in [0.25, 0.3) is 0 Å². The second-order valence-corrected chi connectivity index (χ2v) is 6.95. The van der Waals surface area contributed by atoms with Crippen molar-refractivity contribution in [2.45, 2.75) is 0 Å². The Morgan fingerprint density at radius 1 is 0.667 bits per heavy atom. The Balaban J connectivity index is 0.000000555. The second kappa shape index (κ2) is 11.1. The zero-order chi connectivity index (χ0) is 23.7. The maximum atomic E-state index is 9.75. The van der Waals surface area contributed by atoms with E-state index in [1.54, 1.807) is 7.11 Å². The molecule has 0 spiro atoms. The Labute approximate surface area is 189 Å². The van der Waals surface area contributed by atoms with E-state index in [9.17, 15) is 17.3 Å². The summed E-state index contributed by atoms with van der Waals surface area (Å²) < 4.78 is 50.4. The van der Waals surface area contributed by atoms with Crippen LogP contribution >= 0.6 is 0 Å². The molecule has 0 N–H and O–H groups in total. The quantitative estimate of drug-likeness (QED) is 0.172. The lowest BCUT2D eigenvalue weighted by Gasteiger charge is -2.01. The summed E-state index contributed by atoms with van der Waals surface area (Å²) in [5.41, 5.74) is 4.43. The summed E-state index contributed by atoms with van der Waals surface area (Å²) in [5.74, 6) is 2.49. The van der Waals surface area contributed by atoms with Crippen LogP contribution in [0, 0.1) is 0 Å². The van der Waals surface area contributed by atoms with Crippen LogP contribution < -0.4 is 4.74 Å². The SMILES string of the molecule is COc1ccc(/C=C/c2cc(-c3ccccc3)cc(-c3ccccc3)[o+]2)cc1.F[B-](F)(F)F. The van der Waals surface area contributed by atoms with Crippen LogP contribution in [0.25, 0.3) is 34.6 Å². The highest BCUT2D eigenvalue weighted by Gasteiger charge is 2.20. The van der Waals surface area contributed by atoms with Crippen LogP contribution in [0.2, 0.25) is 0 Å². The third-order valence-corrected chi connectivity index (χ3v) is 4.53. The van der Waals surface area contributed by atoms with Gasteiger partial charge in [0.15, 0.2) is 0 Å². The molecule has 0 amide bonds. The van der Waals surface area contributed by atoms with Crippen LogP contribution in [-0.4, -0.2) is 14.4 Å². The van der Waals surface area contributed by atoms with Gasteiger partial charge in [-0.15, -0.1) is 0 Å². The van der Waals surface area contributed by atoms with Crippen LogP contribution in [0.1, 0.15) is 11.3 Å². The van der Waals surface area contributed by atoms with Crippen LogP contribution in [0.4, 0.5) is 17.3 Å². The third kappa shape index (κ3) is 7.96. The summed E-state index contributed by atoms with van der Waals surface area (Å²) in [6.07, 6.45) is 4.04. The summed E-state index contributed by atoms with van der Waals surface area (Å²) in [7, 11) is -4.33. The minimum Gasteiger partial charge on any atom is -0.497 e. The minimum atomic E-state index is -6.00. The van der Waals surface area contributed by atoms with Crippen molar-refractivity contribution in [3.05, 3.63) is 108 Å². The van der Waals surface area contributed by atoms with Gasteiger partial charge < -0.3 is 22.0 Å². The normalized spacial score (nSPS) is 11.1. The Bertz CT molecular complexity index is 1110. The standard InChI is InChI=1S/C26H21O2.BF4/c1-27-24-15-12-20(13-16-24)14-17-25-18-23(21-8-4-2-5-9-21)19-26(28-25)22-10-6-3-7-11-22;2-1(3,4)5/h2-19H,1H3;/q+1;-1/b17-14+;. The van der Waals surface area contributed by atoms with Crippen molar-refractivity contribution in [1.29, 1.82) is 0 Å². The number of rotatable bonds is 5. The molecule has 0 saturated heterocycles. The highest BCUT2D eigenvalue weighted by Crippen LogP contribution is 2.29. The maximum absolute atomic E-state index is 9.75. The highest BCUT2D eigenvalue weighted by atomic mass is 19.5. The molecular weight excluding hydrogens is 431 g/mol. The fourth-order valence-electron chi connectivity index (χ4n) is 3.04. The zero-order valence-corrected chi connectivity index (χ0v) is 17.8. The predicted octanol–water partition coefficient (Wildman–Crippen LogP) is 8.37. The molecule has 0 unspecified atom stereocenters. The molecule has 0 aliphatic heterocycles. The average Bonchev–Trinajstić information content (AvgIpc) is 2.83. The number of halogens is 4. The van der Waals surface area contributed by atoms with E-state index in [4.69, 9.17) is 9.15 Å². The first kappa shape index (κ1) is 23.8. The van der Waals surface area contributed by atoms with Gasteiger partial charge in [-0.1, -0.05) is 60.7 Å². The fourth-order valence-corrected chi connectivity index (χ4v) is 3.04. The van der Waals surface area contributed by atoms with Crippen molar-refractivity contribution < 1.29 is 26.4 Å². The van der Waals surface area contributed by atoms with Crippen LogP contribution in [0.5, 0.6) is 5.75 Å². The molecule has 0 aliphatic carbocycles. The van der Waals surface area contributed by atoms with Gasteiger partial charge in [0.1, 0.15) is 5.75 Å². The van der Waals surface area contributed by atoms with Gasteiger partial charge in [0, 0.05) is 11.6 Å². The van der Waals surface area contributed by atoms with E-state index in [1.807, 2.05) is 60.7 Å². The molecule has 168 valence electrons. The van der Waals surface area contributed by atoms with E-state index in [1.165, 1.54) is 0 Å². The third-order valence-electron chi connectivity index (χ3n) is 4.53. The van der Waals surface area contributed by atoms with E-state index < -0.39 is 7.25 Å². The lowest BCUT2D eigenvalue weighted by atomic mass is 10.0. The Morgan fingerprint density at radius 3 is 1.76 bits per heavy atom. The molecule has 0 fully saturated rings. The van der Waals surface area contributed by atoms with E-state index >= 15 is 0 Å². The van der Waals surface area contributed by atoms with E-state index in [-0.39, 0.29) is 0 Å². The molecule has 2 nitrogen and oxygen atoms in total. The molecule has 0 atom stereocenters. The van der Waals surface area contributed by atoms with E-state index in [0.717, 1.165) is 39.5 Å². The van der Waals surface area contributed by atoms with Gasteiger partial charge in [0.2, 0.25) is 0 Å². The Kier molecular flexibility index (Phi) is 8.03. The highest BCUT2D eigenvalue weighted by molar-refractivity contribution is 6.50. The summed E-state index contributed by atoms with van der Waals surface area (Å²) in [6.45, 7) is 0. The van der Waals surface area contributed by atoms with Gasteiger partial charge >= 0.3 is 18.8 Å². The lowest BCUT2D eigenvalue weighted by Crippen LogP contribution is -2.02. The van der Waals surface area contributed by atoms with Crippen molar-refractivity contribution >= 4 is 19.4 Å². The molecular formula is C26H21BF4O2. The smallest absolute Gasteiger partial charge is 0.497 e. The first-order chi connectivity index (χ1) is 15.8. The van der Waals surface area contributed by atoms with Crippen LogP contribution in [0.15, 0.2) is 101 Å². The molecule has 3 aromatic carbocycles. The molecule has 1 aromatic heterocycles. The van der Waals surface area contributed by atoms with Gasteiger partial charge in [-0.2, -0.15) is 0 Å². The zero-order valence-electron chi connectivity index (χ0n) is 17.8. The lowest BCUT2D eigenvalue weighted by molar-refractivity contribution is 0.368. The minimum absolute atomic E-state index is 0.802. The summed E-state index contributed by atoms with van der Waals surface area (Å²) in [6, 6.07) is 32.6. The summed E-state index contributed by atoms with van der Waals surface area (Å²) in [4.78, 5) is 0. The number of ether oxygens (including phenoxy) is 1. The Morgan fingerprint density at radius 2 is 1.21 bits per heavy atom. The van der Waals surface area contributed by atoms with Crippen molar-refractivity contribution in [3.8, 4) is 28.2 Å². The van der Waals surface area contributed by atoms with Crippen molar-refractivity contribution in [2.24, 2.45) is 0 Å². The predicted molar refractivity (Wildman–Crippen MR) is 126 cm³/mol. The molecule has 7 heteroatoms. The molecule has 33 heavy (non-hydrogen) atoms. The van der Waals surface area contributed by atoms with Crippen LogP contribution in [0.3, 0.4) is 0 Å². The number of hydrogen-bond donors (Lipinski definition) is 0.